The number of fused-ring (bicyclic) bond motifs is 2. The minimum Gasteiger partial charge on any atom is -0.497 e. The van der Waals surface area contributed by atoms with E-state index in [0.29, 0.717) is 49.6 Å². The van der Waals surface area contributed by atoms with Gasteiger partial charge in [0.1, 0.15) is 18.1 Å². The van der Waals surface area contributed by atoms with Gasteiger partial charge in [0.25, 0.3) is 11.7 Å². The summed E-state index contributed by atoms with van der Waals surface area (Å²) in [6.07, 6.45) is 2.11. The maximum atomic E-state index is 13.9. The number of hydrogen-bond acceptors (Lipinski definition) is 7. The van der Waals surface area contributed by atoms with Crippen molar-refractivity contribution in [3.63, 3.8) is 0 Å². The first-order valence-electron chi connectivity index (χ1n) is 13.5. The van der Waals surface area contributed by atoms with Gasteiger partial charge in [-0.3, -0.25) is 4.79 Å². The van der Waals surface area contributed by atoms with Crippen LogP contribution in [0.3, 0.4) is 0 Å². The molecule has 1 atom stereocenters. The van der Waals surface area contributed by atoms with Crippen LogP contribution in [0.4, 0.5) is 5.69 Å². The van der Waals surface area contributed by atoms with Crippen molar-refractivity contribution in [3.8, 4) is 11.5 Å². The van der Waals surface area contributed by atoms with E-state index in [-0.39, 0.29) is 30.0 Å². The van der Waals surface area contributed by atoms with Gasteiger partial charge in [0.05, 0.1) is 43.5 Å². The molecule has 0 N–H and O–H groups in total. The van der Waals surface area contributed by atoms with E-state index in [9.17, 15) is 13.2 Å². The molecule has 0 bridgehead atoms. The first-order chi connectivity index (χ1) is 19.4. The van der Waals surface area contributed by atoms with Crippen LogP contribution in [0.25, 0.3) is 0 Å². The molecule has 1 amide bonds. The molecule has 3 aromatic carbocycles. The third-order valence-electron chi connectivity index (χ3n) is 7.65. The summed E-state index contributed by atoms with van der Waals surface area (Å²) in [5, 5.41) is 0. The summed E-state index contributed by atoms with van der Waals surface area (Å²) in [6.45, 7) is 1.62. The lowest BCUT2D eigenvalue weighted by Gasteiger charge is -2.32. The number of para-hydroxylation sites is 1. The molecule has 6 rings (SSSR count). The van der Waals surface area contributed by atoms with Gasteiger partial charge in [0.15, 0.2) is 0 Å². The third-order valence-corrected chi connectivity index (χ3v) is 9.60. The Morgan fingerprint density at radius 1 is 0.950 bits per heavy atom. The molecule has 40 heavy (non-hydrogen) atoms. The Morgan fingerprint density at radius 3 is 2.42 bits per heavy atom. The molecule has 0 saturated carbocycles. The average molecular weight is 564 g/mol. The number of ether oxygens (including phenoxy) is 4. The first kappa shape index (κ1) is 26.8. The van der Waals surface area contributed by atoms with E-state index in [0.717, 1.165) is 17.7 Å². The van der Waals surface area contributed by atoms with Crippen LogP contribution < -0.4 is 14.4 Å². The maximum absolute atomic E-state index is 13.9. The van der Waals surface area contributed by atoms with E-state index in [1.54, 1.807) is 30.2 Å². The molecule has 3 aliphatic rings. The molecule has 0 radical (unpaired) electrons. The highest BCUT2D eigenvalue weighted by molar-refractivity contribution is 7.89. The number of amides is 1. The summed E-state index contributed by atoms with van der Waals surface area (Å²) in [5.41, 5.74) is 1.89. The van der Waals surface area contributed by atoms with E-state index < -0.39 is 15.8 Å². The Bertz CT molecular complexity index is 1470. The second-order valence-corrected chi connectivity index (χ2v) is 12.0. The number of nitrogens with zero attached hydrogens (tertiary/aromatic N) is 2. The Labute approximate surface area is 234 Å². The zero-order chi connectivity index (χ0) is 27.7. The minimum absolute atomic E-state index is 0.106. The van der Waals surface area contributed by atoms with Gasteiger partial charge in [-0.05, 0) is 67.3 Å². The predicted octanol–water partition coefficient (Wildman–Crippen LogP) is 4.06. The molecular formula is C30H32N2O7S. The van der Waals surface area contributed by atoms with E-state index in [2.05, 4.69) is 0 Å². The van der Waals surface area contributed by atoms with Gasteiger partial charge in [-0.25, -0.2) is 8.42 Å². The van der Waals surface area contributed by atoms with E-state index in [4.69, 9.17) is 18.9 Å². The Balaban J connectivity index is 1.31. The molecule has 3 aliphatic heterocycles. The molecule has 0 unspecified atom stereocenters. The van der Waals surface area contributed by atoms with Crippen molar-refractivity contribution in [3.05, 3.63) is 83.9 Å². The molecular weight excluding hydrogens is 531 g/mol. The van der Waals surface area contributed by atoms with Gasteiger partial charge in [-0.1, -0.05) is 30.3 Å². The van der Waals surface area contributed by atoms with Crippen LogP contribution >= 0.6 is 0 Å². The van der Waals surface area contributed by atoms with Crippen LogP contribution in [0, 0.1) is 0 Å². The second kappa shape index (κ2) is 10.9. The quantitative estimate of drug-likeness (QED) is 0.408. The Kier molecular flexibility index (Phi) is 7.26. The van der Waals surface area contributed by atoms with Crippen molar-refractivity contribution in [1.82, 2.24) is 4.31 Å². The van der Waals surface area contributed by atoms with Crippen molar-refractivity contribution in [2.75, 3.05) is 38.4 Å². The highest BCUT2D eigenvalue weighted by Gasteiger charge is 2.55. The average Bonchev–Trinajstić information content (AvgIpc) is 3.56. The Hall–Kier alpha value is -3.44. The SMILES string of the molecule is [11CH3]Oc1ccc(CN2C(=O)C3(OCCCO3)c3cc(S(=O)(=O)N4CCC[C@H]4COc4ccccc4)ccc32)cc1. The third kappa shape index (κ3) is 4.75. The monoisotopic (exact) mass is 563 g/mol. The fourth-order valence-corrected chi connectivity index (χ4v) is 7.30. The van der Waals surface area contributed by atoms with Gasteiger partial charge in [0, 0.05) is 12.1 Å². The molecule has 210 valence electrons. The van der Waals surface area contributed by atoms with Gasteiger partial charge < -0.3 is 23.8 Å². The number of rotatable bonds is 8. The second-order valence-electron chi connectivity index (χ2n) is 10.1. The van der Waals surface area contributed by atoms with E-state index >= 15 is 0 Å². The summed E-state index contributed by atoms with van der Waals surface area (Å²) in [7, 11) is -2.27. The number of carbonyl (C=O) groups is 1. The van der Waals surface area contributed by atoms with Crippen molar-refractivity contribution >= 4 is 21.6 Å². The van der Waals surface area contributed by atoms with E-state index in [1.807, 2.05) is 54.6 Å². The molecule has 0 aromatic heterocycles. The normalized spacial score (nSPS) is 20.6. The topological polar surface area (TPSA) is 94.6 Å². The maximum Gasteiger partial charge on any atom is 0.292 e. The lowest BCUT2D eigenvalue weighted by Crippen LogP contribution is -2.47. The molecule has 3 heterocycles. The van der Waals surface area contributed by atoms with Crippen LogP contribution in [0.15, 0.2) is 77.7 Å². The fourth-order valence-electron chi connectivity index (χ4n) is 5.60. The van der Waals surface area contributed by atoms with Crippen LogP contribution in [-0.2, 0) is 36.6 Å². The van der Waals surface area contributed by atoms with Crippen molar-refractivity contribution < 1.29 is 32.2 Å². The molecule has 1 spiro atoms. The lowest BCUT2D eigenvalue weighted by molar-refractivity contribution is -0.256. The summed E-state index contributed by atoms with van der Waals surface area (Å²) in [6, 6.07) is 21.4. The van der Waals surface area contributed by atoms with Gasteiger partial charge in [-0.2, -0.15) is 4.31 Å². The molecule has 10 heteroatoms. The molecule has 0 aliphatic carbocycles. The number of sulfonamides is 1. The first-order valence-corrected chi connectivity index (χ1v) is 14.9. The largest absolute Gasteiger partial charge is 0.497 e. The standard InChI is InChI=1S/C30H32N2O7S/c1-36-24-12-10-22(11-13-24)20-31-28-15-14-26(19-27(28)30(29(31)33)38-17-6-18-39-30)40(34,35)32-16-5-7-23(32)21-37-25-8-3-2-4-9-25/h2-4,8-15,19,23H,5-7,16-18,20-21H2,1H3/t23-/m0/s1/i1-1. The number of benzene rings is 3. The van der Waals surface area contributed by atoms with Crippen molar-refractivity contribution in [1.29, 1.82) is 0 Å². The Morgan fingerprint density at radius 2 is 1.70 bits per heavy atom. The molecule has 9 nitrogen and oxygen atoms in total. The van der Waals surface area contributed by atoms with Crippen LogP contribution in [0.1, 0.15) is 30.4 Å². The molecule has 2 fully saturated rings. The van der Waals surface area contributed by atoms with E-state index in [1.165, 1.54) is 4.31 Å². The van der Waals surface area contributed by atoms with Crippen LogP contribution in [0.5, 0.6) is 11.5 Å². The zero-order valence-electron chi connectivity index (χ0n) is 22.3. The lowest BCUT2D eigenvalue weighted by atomic mass is 10.1. The summed E-state index contributed by atoms with van der Waals surface area (Å²) >= 11 is 0. The van der Waals surface area contributed by atoms with Gasteiger partial charge in [-0.15, -0.1) is 0 Å². The number of methoxy groups -OCH3 is 1. The fraction of sp³-hybridized carbons (Fsp3) is 0.367. The van der Waals surface area contributed by atoms with Gasteiger partial charge in [0.2, 0.25) is 10.0 Å². The number of anilines is 1. The van der Waals surface area contributed by atoms with Crippen LogP contribution in [-0.4, -0.2) is 58.1 Å². The number of carbonyl (C=O) groups excluding carboxylic acids is 1. The molecule has 3 aromatic rings. The van der Waals surface area contributed by atoms with Crippen molar-refractivity contribution in [2.45, 2.75) is 42.5 Å². The van der Waals surface area contributed by atoms with Crippen molar-refractivity contribution in [2.24, 2.45) is 0 Å². The van der Waals surface area contributed by atoms with Gasteiger partial charge >= 0.3 is 0 Å². The predicted molar refractivity (Wildman–Crippen MR) is 148 cm³/mol. The molecule has 2 saturated heterocycles. The highest BCUT2D eigenvalue weighted by atomic mass is 32.2. The smallest absolute Gasteiger partial charge is 0.292 e. The summed E-state index contributed by atoms with van der Waals surface area (Å²) in [5.74, 6) is -0.598. The number of hydrogen-bond donors (Lipinski definition) is 0. The summed E-state index contributed by atoms with van der Waals surface area (Å²) < 4.78 is 52.5. The minimum atomic E-state index is -3.87. The van der Waals surface area contributed by atoms with Crippen LogP contribution in [0.2, 0.25) is 0 Å². The summed E-state index contributed by atoms with van der Waals surface area (Å²) in [4.78, 5) is 15.5. The highest BCUT2D eigenvalue weighted by Crippen LogP contribution is 2.47. The zero-order valence-corrected chi connectivity index (χ0v) is 23.1.